The van der Waals surface area contributed by atoms with Gasteiger partial charge in [0.2, 0.25) is 0 Å². The molecule has 0 saturated carbocycles. The fourth-order valence-electron chi connectivity index (χ4n) is 1.13. The summed E-state index contributed by atoms with van der Waals surface area (Å²) in [5, 5.41) is 8.88. The second-order valence-corrected chi connectivity index (χ2v) is 4.17. The number of H-pyrrole nitrogens is 1. The standard InChI is InChI=1S/C9H11IN2O2/c1-3-4-6-11-7(5(2)10)8(12-6)9(13)14/h2-4H2,1H3,(H,11,12)(H,13,14). The third kappa shape index (κ3) is 2.34. The summed E-state index contributed by atoms with van der Waals surface area (Å²) >= 11 is 1.97. The summed E-state index contributed by atoms with van der Waals surface area (Å²) < 4.78 is 0.638. The Labute approximate surface area is 95.6 Å². The van der Waals surface area contributed by atoms with Gasteiger partial charge in [-0.25, -0.2) is 9.78 Å². The molecule has 0 aliphatic heterocycles. The highest BCUT2D eigenvalue weighted by Crippen LogP contribution is 2.21. The third-order valence-corrected chi connectivity index (χ3v) is 2.22. The number of carbonyl (C=O) groups is 1. The van der Waals surface area contributed by atoms with Crippen molar-refractivity contribution in [1.29, 1.82) is 0 Å². The predicted octanol–water partition coefficient (Wildman–Crippen LogP) is 2.47. The Morgan fingerprint density at radius 2 is 2.36 bits per heavy atom. The van der Waals surface area contributed by atoms with Crippen molar-refractivity contribution in [3.8, 4) is 0 Å². The lowest BCUT2D eigenvalue weighted by Gasteiger charge is -1.92. The molecule has 5 heteroatoms. The predicted molar refractivity (Wildman–Crippen MR) is 62.6 cm³/mol. The molecule has 0 bridgehead atoms. The average molecular weight is 306 g/mol. The number of aromatic carboxylic acids is 1. The minimum absolute atomic E-state index is 0.132. The quantitative estimate of drug-likeness (QED) is 0.840. The van der Waals surface area contributed by atoms with E-state index in [0.717, 1.165) is 12.8 Å². The number of hydrogen-bond acceptors (Lipinski definition) is 2. The van der Waals surface area contributed by atoms with Crippen molar-refractivity contribution < 1.29 is 9.90 Å². The van der Waals surface area contributed by atoms with Crippen LogP contribution in [0.25, 0.3) is 3.58 Å². The lowest BCUT2D eigenvalue weighted by Crippen LogP contribution is -1.99. The van der Waals surface area contributed by atoms with Gasteiger partial charge >= 0.3 is 5.97 Å². The van der Waals surface area contributed by atoms with Crippen molar-refractivity contribution in [2.45, 2.75) is 19.8 Å². The van der Waals surface area contributed by atoms with Crippen molar-refractivity contribution in [2.75, 3.05) is 0 Å². The van der Waals surface area contributed by atoms with Gasteiger partial charge in [0, 0.05) is 10.0 Å². The van der Waals surface area contributed by atoms with Crippen LogP contribution in [0, 0.1) is 0 Å². The maximum absolute atomic E-state index is 10.8. The molecule has 0 saturated heterocycles. The van der Waals surface area contributed by atoms with E-state index in [1.807, 2.05) is 29.5 Å². The summed E-state index contributed by atoms with van der Waals surface area (Å²) in [7, 11) is 0. The van der Waals surface area contributed by atoms with Crippen LogP contribution < -0.4 is 0 Å². The Kier molecular flexibility index (Phi) is 3.68. The van der Waals surface area contributed by atoms with Crippen molar-refractivity contribution >= 4 is 32.1 Å². The van der Waals surface area contributed by atoms with Gasteiger partial charge in [0.15, 0.2) is 5.69 Å². The van der Waals surface area contributed by atoms with Crippen LogP contribution in [0.5, 0.6) is 0 Å². The van der Waals surface area contributed by atoms with Gasteiger partial charge in [-0.15, -0.1) is 0 Å². The van der Waals surface area contributed by atoms with Gasteiger partial charge in [-0.3, -0.25) is 0 Å². The summed E-state index contributed by atoms with van der Waals surface area (Å²) in [5.41, 5.74) is 0.578. The van der Waals surface area contributed by atoms with Crippen LogP contribution in [-0.4, -0.2) is 21.0 Å². The number of aromatic nitrogens is 2. The second kappa shape index (κ2) is 4.59. The summed E-state index contributed by atoms with van der Waals surface area (Å²) in [6.45, 7) is 5.70. The van der Waals surface area contributed by atoms with E-state index in [0.29, 0.717) is 15.1 Å². The molecule has 4 nitrogen and oxygen atoms in total. The van der Waals surface area contributed by atoms with Gasteiger partial charge in [-0.2, -0.15) is 0 Å². The first-order valence-corrected chi connectivity index (χ1v) is 5.31. The normalized spacial score (nSPS) is 10.1. The molecular formula is C9H11IN2O2. The van der Waals surface area contributed by atoms with Gasteiger partial charge in [0.25, 0.3) is 0 Å². The largest absolute Gasteiger partial charge is 0.477 e. The average Bonchev–Trinajstić information content (AvgIpc) is 2.49. The molecule has 0 amide bonds. The molecular weight excluding hydrogens is 295 g/mol. The number of aromatic amines is 1. The number of hydrogen-bond donors (Lipinski definition) is 2. The van der Waals surface area contributed by atoms with E-state index in [2.05, 4.69) is 16.5 Å². The zero-order valence-electron chi connectivity index (χ0n) is 7.80. The fraction of sp³-hybridized carbons (Fsp3) is 0.333. The molecule has 0 aromatic carbocycles. The minimum atomic E-state index is -0.993. The van der Waals surface area contributed by atoms with E-state index in [-0.39, 0.29) is 5.69 Å². The van der Waals surface area contributed by atoms with Crippen molar-refractivity contribution in [1.82, 2.24) is 9.97 Å². The number of aryl methyl sites for hydroxylation is 1. The number of nitrogens with one attached hydrogen (secondary N) is 1. The van der Waals surface area contributed by atoms with Gasteiger partial charge in [0.1, 0.15) is 11.5 Å². The van der Waals surface area contributed by atoms with Crippen molar-refractivity contribution in [2.24, 2.45) is 0 Å². The molecule has 0 unspecified atom stereocenters. The van der Waals surface area contributed by atoms with E-state index in [1.165, 1.54) is 0 Å². The molecule has 1 heterocycles. The molecule has 0 aliphatic rings. The highest BCUT2D eigenvalue weighted by Gasteiger charge is 2.16. The summed E-state index contributed by atoms with van der Waals surface area (Å²) in [6, 6.07) is 0. The molecule has 14 heavy (non-hydrogen) atoms. The smallest absolute Gasteiger partial charge is 0.354 e. The lowest BCUT2D eigenvalue weighted by molar-refractivity contribution is 0.0690. The van der Waals surface area contributed by atoms with E-state index in [9.17, 15) is 4.79 Å². The van der Waals surface area contributed by atoms with Gasteiger partial charge in [0.05, 0.1) is 0 Å². The molecule has 76 valence electrons. The highest BCUT2D eigenvalue weighted by molar-refractivity contribution is 14.1. The number of carboxylic acid groups (broad SMARTS) is 1. The molecule has 0 spiro atoms. The number of imidazole rings is 1. The van der Waals surface area contributed by atoms with Gasteiger partial charge in [-0.1, -0.05) is 13.5 Å². The van der Waals surface area contributed by atoms with Crippen molar-refractivity contribution in [3.05, 3.63) is 23.8 Å². The molecule has 0 atom stereocenters. The first-order valence-electron chi connectivity index (χ1n) is 4.23. The number of nitrogens with zero attached hydrogens (tertiary/aromatic N) is 1. The second-order valence-electron chi connectivity index (χ2n) is 2.87. The molecule has 0 fully saturated rings. The Balaban J connectivity index is 3.12. The Hall–Kier alpha value is -0.850. The zero-order valence-corrected chi connectivity index (χ0v) is 9.96. The van der Waals surface area contributed by atoms with Gasteiger partial charge < -0.3 is 10.1 Å². The monoisotopic (exact) mass is 306 g/mol. The molecule has 1 rings (SSSR count). The van der Waals surface area contributed by atoms with Crippen LogP contribution in [0.3, 0.4) is 0 Å². The SMILES string of the molecule is C=C(I)c1nc(CCC)[nH]c1C(=O)O. The lowest BCUT2D eigenvalue weighted by atomic mass is 10.3. The third-order valence-electron chi connectivity index (χ3n) is 1.71. The Morgan fingerprint density at radius 3 is 2.71 bits per heavy atom. The summed E-state index contributed by atoms with van der Waals surface area (Å²) in [5.74, 6) is -0.287. The zero-order chi connectivity index (χ0) is 10.7. The summed E-state index contributed by atoms with van der Waals surface area (Å²) in [4.78, 5) is 17.8. The van der Waals surface area contributed by atoms with E-state index in [4.69, 9.17) is 5.11 Å². The van der Waals surface area contributed by atoms with E-state index < -0.39 is 5.97 Å². The first-order chi connectivity index (χ1) is 6.56. The maximum Gasteiger partial charge on any atom is 0.354 e. The Bertz CT molecular complexity index is 339. The number of rotatable bonds is 4. The van der Waals surface area contributed by atoms with Crippen LogP contribution >= 0.6 is 22.6 Å². The van der Waals surface area contributed by atoms with E-state index >= 15 is 0 Å². The highest BCUT2D eigenvalue weighted by atomic mass is 127. The van der Waals surface area contributed by atoms with Crippen LogP contribution in [0.1, 0.15) is 35.4 Å². The molecule has 0 radical (unpaired) electrons. The molecule has 1 aromatic rings. The number of carboxylic acids is 1. The van der Waals surface area contributed by atoms with E-state index in [1.54, 1.807) is 0 Å². The summed E-state index contributed by atoms with van der Waals surface area (Å²) in [6.07, 6.45) is 1.68. The first kappa shape index (κ1) is 11.2. The fourth-order valence-corrected chi connectivity index (χ4v) is 1.52. The molecule has 2 N–H and O–H groups in total. The minimum Gasteiger partial charge on any atom is -0.477 e. The van der Waals surface area contributed by atoms with Crippen LogP contribution in [0.15, 0.2) is 6.58 Å². The molecule has 0 aliphatic carbocycles. The number of halogens is 1. The van der Waals surface area contributed by atoms with Crippen LogP contribution in [0.2, 0.25) is 0 Å². The Morgan fingerprint density at radius 1 is 1.71 bits per heavy atom. The topological polar surface area (TPSA) is 66.0 Å². The molecule has 1 aromatic heterocycles. The van der Waals surface area contributed by atoms with Gasteiger partial charge in [-0.05, 0) is 29.0 Å². The van der Waals surface area contributed by atoms with Crippen molar-refractivity contribution in [3.63, 3.8) is 0 Å². The van der Waals surface area contributed by atoms with Crippen LogP contribution in [-0.2, 0) is 6.42 Å². The van der Waals surface area contributed by atoms with Crippen LogP contribution in [0.4, 0.5) is 0 Å². The maximum atomic E-state index is 10.8.